The summed E-state index contributed by atoms with van der Waals surface area (Å²) >= 11 is 0. The van der Waals surface area contributed by atoms with E-state index in [9.17, 15) is 0 Å². The molecule has 144 valence electrons. The van der Waals surface area contributed by atoms with Crippen molar-refractivity contribution in [2.75, 3.05) is 42.4 Å². The molecule has 0 atom stereocenters. The zero-order chi connectivity index (χ0) is 19.5. The van der Waals surface area contributed by atoms with E-state index < -0.39 is 0 Å². The summed E-state index contributed by atoms with van der Waals surface area (Å²) in [6, 6.07) is 14.4. The molecule has 0 aliphatic heterocycles. The highest BCUT2D eigenvalue weighted by atomic mass is 16.5. The van der Waals surface area contributed by atoms with Crippen molar-refractivity contribution in [1.29, 1.82) is 0 Å². The summed E-state index contributed by atoms with van der Waals surface area (Å²) in [4.78, 5) is 4.31. The van der Waals surface area contributed by atoms with Crippen LogP contribution in [-0.4, -0.2) is 52.2 Å². The fourth-order valence-electron chi connectivity index (χ4n) is 2.83. The first kappa shape index (κ1) is 22.0. The van der Waals surface area contributed by atoms with Gasteiger partial charge in [0.15, 0.2) is 0 Å². The van der Waals surface area contributed by atoms with Gasteiger partial charge < -0.3 is 19.3 Å². The molecule has 0 bridgehead atoms. The van der Waals surface area contributed by atoms with Crippen molar-refractivity contribution in [3.05, 3.63) is 59.2 Å². The van der Waals surface area contributed by atoms with Gasteiger partial charge in [-0.05, 0) is 69.5 Å². The van der Waals surface area contributed by atoms with Gasteiger partial charge in [-0.2, -0.15) is 0 Å². The minimum absolute atomic E-state index is 0.925. The van der Waals surface area contributed by atoms with Crippen molar-refractivity contribution in [2.45, 2.75) is 26.4 Å². The topological polar surface area (TPSA) is 24.9 Å². The molecule has 0 radical (unpaired) electrons. The summed E-state index contributed by atoms with van der Waals surface area (Å²) in [5, 5.41) is 0. The molecule has 0 fully saturated rings. The molecule has 0 aliphatic rings. The first-order valence-electron chi connectivity index (χ1n) is 8.98. The van der Waals surface area contributed by atoms with Crippen molar-refractivity contribution >= 4 is 0 Å². The summed E-state index contributed by atoms with van der Waals surface area (Å²) < 4.78 is 10.5. The molecule has 2 aromatic carbocycles. The van der Waals surface area contributed by atoms with Crippen LogP contribution < -0.4 is 9.47 Å². The highest BCUT2D eigenvalue weighted by Gasteiger charge is 2.07. The SMILES string of the molecule is CCc1c(CN(C)C)cccc1OC.COc1cccc(CN(C)C)c1. The first-order chi connectivity index (χ1) is 12.4. The number of hydrogen-bond acceptors (Lipinski definition) is 4. The van der Waals surface area contributed by atoms with Crippen molar-refractivity contribution in [3.63, 3.8) is 0 Å². The second-order valence-corrected chi connectivity index (χ2v) is 6.78. The second kappa shape index (κ2) is 11.6. The van der Waals surface area contributed by atoms with Gasteiger partial charge >= 0.3 is 0 Å². The van der Waals surface area contributed by atoms with Crippen LogP contribution in [-0.2, 0) is 19.5 Å². The number of benzene rings is 2. The Morgan fingerprint density at radius 2 is 1.46 bits per heavy atom. The van der Waals surface area contributed by atoms with Gasteiger partial charge in [-0.25, -0.2) is 0 Å². The Kier molecular flexibility index (Phi) is 9.78. The van der Waals surface area contributed by atoms with Gasteiger partial charge in [0.05, 0.1) is 14.2 Å². The van der Waals surface area contributed by atoms with Crippen LogP contribution in [0.3, 0.4) is 0 Å². The molecule has 0 N–H and O–H groups in total. The molecule has 0 spiro atoms. The Morgan fingerprint density at radius 3 is 2.00 bits per heavy atom. The minimum Gasteiger partial charge on any atom is -0.497 e. The number of methoxy groups -OCH3 is 2. The summed E-state index contributed by atoms with van der Waals surface area (Å²) in [5.74, 6) is 1.93. The lowest BCUT2D eigenvalue weighted by molar-refractivity contribution is 0.390. The van der Waals surface area contributed by atoms with E-state index in [0.717, 1.165) is 31.0 Å². The fourth-order valence-corrected chi connectivity index (χ4v) is 2.83. The monoisotopic (exact) mass is 358 g/mol. The lowest BCUT2D eigenvalue weighted by Gasteiger charge is -2.15. The molecule has 2 rings (SSSR count). The molecule has 0 aliphatic carbocycles. The highest BCUT2D eigenvalue weighted by Crippen LogP contribution is 2.23. The quantitative estimate of drug-likeness (QED) is 0.745. The van der Waals surface area contributed by atoms with Gasteiger partial charge in [0, 0.05) is 13.1 Å². The molecule has 4 nitrogen and oxygen atoms in total. The average Bonchev–Trinajstić information content (AvgIpc) is 2.61. The molecule has 0 unspecified atom stereocenters. The lowest BCUT2D eigenvalue weighted by atomic mass is 10.0. The molecular formula is C22H34N2O2. The van der Waals surface area contributed by atoms with Crippen LogP contribution in [0.4, 0.5) is 0 Å². The van der Waals surface area contributed by atoms with E-state index in [-0.39, 0.29) is 0 Å². The molecule has 0 heterocycles. The molecule has 0 saturated heterocycles. The molecule has 26 heavy (non-hydrogen) atoms. The maximum atomic E-state index is 5.34. The van der Waals surface area contributed by atoms with Gasteiger partial charge in [0.25, 0.3) is 0 Å². The van der Waals surface area contributed by atoms with Gasteiger partial charge in [-0.1, -0.05) is 31.2 Å². The smallest absolute Gasteiger partial charge is 0.122 e. The van der Waals surface area contributed by atoms with Crippen molar-refractivity contribution in [2.24, 2.45) is 0 Å². The molecule has 0 aromatic heterocycles. The average molecular weight is 359 g/mol. The van der Waals surface area contributed by atoms with Crippen LogP contribution in [0.25, 0.3) is 0 Å². The number of nitrogens with zero attached hydrogens (tertiary/aromatic N) is 2. The Balaban J connectivity index is 0.000000263. The van der Waals surface area contributed by atoms with Gasteiger partial charge in [-0.3, -0.25) is 0 Å². The largest absolute Gasteiger partial charge is 0.497 e. The third kappa shape index (κ3) is 7.46. The minimum atomic E-state index is 0.925. The van der Waals surface area contributed by atoms with E-state index in [2.05, 4.69) is 69.2 Å². The van der Waals surface area contributed by atoms with Crippen LogP contribution in [0.5, 0.6) is 11.5 Å². The van der Waals surface area contributed by atoms with Crippen LogP contribution in [0, 0.1) is 0 Å². The van der Waals surface area contributed by atoms with Gasteiger partial charge in [-0.15, -0.1) is 0 Å². The Bertz CT molecular complexity index is 654. The zero-order valence-corrected chi connectivity index (χ0v) is 17.4. The molecular weight excluding hydrogens is 324 g/mol. The highest BCUT2D eigenvalue weighted by molar-refractivity contribution is 5.40. The predicted octanol–water partition coefficient (Wildman–Crippen LogP) is 4.08. The normalized spacial score (nSPS) is 10.5. The van der Waals surface area contributed by atoms with Crippen LogP contribution in [0.1, 0.15) is 23.6 Å². The predicted molar refractivity (Wildman–Crippen MR) is 110 cm³/mol. The van der Waals surface area contributed by atoms with Crippen LogP contribution in [0.15, 0.2) is 42.5 Å². The lowest BCUT2D eigenvalue weighted by Crippen LogP contribution is -2.12. The van der Waals surface area contributed by atoms with Crippen LogP contribution >= 0.6 is 0 Å². The Labute approximate surface area is 159 Å². The summed E-state index contributed by atoms with van der Waals surface area (Å²) in [6.07, 6.45) is 1.02. The number of ether oxygens (including phenoxy) is 2. The maximum absolute atomic E-state index is 5.34. The first-order valence-corrected chi connectivity index (χ1v) is 8.98. The van der Waals surface area contributed by atoms with E-state index in [0.29, 0.717) is 0 Å². The third-order valence-corrected chi connectivity index (χ3v) is 3.92. The summed E-state index contributed by atoms with van der Waals surface area (Å²) in [7, 11) is 11.7. The summed E-state index contributed by atoms with van der Waals surface area (Å²) in [5.41, 5.74) is 3.96. The number of rotatable bonds is 7. The van der Waals surface area contributed by atoms with E-state index >= 15 is 0 Å². The fraction of sp³-hybridized carbons (Fsp3) is 0.455. The third-order valence-electron chi connectivity index (χ3n) is 3.92. The van der Waals surface area contributed by atoms with E-state index in [1.165, 1.54) is 16.7 Å². The molecule has 4 heteroatoms. The second-order valence-electron chi connectivity index (χ2n) is 6.78. The maximum Gasteiger partial charge on any atom is 0.122 e. The molecule has 0 saturated carbocycles. The van der Waals surface area contributed by atoms with Gasteiger partial charge in [0.1, 0.15) is 11.5 Å². The van der Waals surface area contributed by atoms with E-state index in [1.54, 1.807) is 14.2 Å². The van der Waals surface area contributed by atoms with Crippen LogP contribution in [0.2, 0.25) is 0 Å². The zero-order valence-electron chi connectivity index (χ0n) is 17.4. The summed E-state index contributed by atoms with van der Waals surface area (Å²) in [6.45, 7) is 4.09. The van der Waals surface area contributed by atoms with Crippen molar-refractivity contribution < 1.29 is 9.47 Å². The Morgan fingerprint density at radius 1 is 0.808 bits per heavy atom. The molecule has 2 aromatic rings. The van der Waals surface area contributed by atoms with Crippen molar-refractivity contribution in [3.8, 4) is 11.5 Å². The standard InChI is InChI=1S/C12H19NO.C10H15NO/c1-5-11-10(9-13(2)3)7-6-8-12(11)14-4;1-11(2)8-9-5-4-6-10(7-9)12-3/h6-8H,5,9H2,1-4H3;4-7H,8H2,1-3H3. The van der Waals surface area contributed by atoms with Crippen molar-refractivity contribution in [1.82, 2.24) is 9.80 Å². The Hall–Kier alpha value is -2.04. The van der Waals surface area contributed by atoms with E-state index in [4.69, 9.17) is 9.47 Å². The van der Waals surface area contributed by atoms with Gasteiger partial charge in [0.2, 0.25) is 0 Å². The molecule has 0 amide bonds. The van der Waals surface area contributed by atoms with E-state index in [1.807, 2.05) is 18.2 Å². The number of hydrogen-bond donors (Lipinski definition) is 0.